The number of nitrogens with one attached hydrogen (secondary N) is 1. The van der Waals surface area contributed by atoms with Gasteiger partial charge in [0, 0.05) is 34.8 Å². The number of sulfonamides is 1. The summed E-state index contributed by atoms with van der Waals surface area (Å²) in [6.07, 6.45) is 6.84. The molecule has 27 heavy (non-hydrogen) atoms. The SMILES string of the molecule is CCc1ncnc(-c2ccc(C)nc2)c1-c1cnc(C)c(NS(C)(=O)=O)c1. The average molecular weight is 383 g/mol. The van der Waals surface area contributed by atoms with Gasteiger partial charge in [-0.25, -0.2) is 18.4 Å². The minimum Gasteiger partial charge on any atom is -0.282 e. The van der Waals surface area contributed by atoms with Gasteiger partial charge in [-0.1, -0.05) is 6.92 Å². The van der Waals surface area contributed by atoms with Crippen molar-refractivity contribution >= 4 is 15.7 Å². The van der Waals surface area contributed by atoms with Gasteiger partial charge in [0.05, 0.1) is 29.0 Å². The van der Waals surface area contributed by atoms with Crippen molar-refractivity contribution in [3.05, 3.63) is 54.0 Å². The number of hydrogen-bond donors (Lipinski definition) is 1. The molecule has 0 bridgehead atoms. The highest BCUT2D eigenvalue weighted by Gasteiger charge is 2.17. The molecule has 140 valence electrons. The van der Waals surface area contributed by atoms with E-state index in [1.165, 1.54) is 6.33 Å². The van der Waals surface area contributed by atoms with Gasteiger partial charge in [-0.15, -0.1) is 0 Å². The molecule has 0 aliphatic carbocycles. The first-order chi connectivity index (χ1) is 12.8. The third-order valence-electron chi connectivity index (χ3n) is 4.12. The van der Waals surface area contributed by atoms with E-state index in [-0.39, 0.29) is 0 Å². The van der Waals surface area contributed by atoms with Crippen LogP contribution in [0.1, 0.15) is 24.0 Å². The number of aromatic nitrogens is 4. The molecule has 3 aromatic heterocycles. The standard InChI is InChI=1S/C19H21N5O2S/c1-5-16-18(15-8-17(13(3)21-10-15)24-27(4,25)26)19(23-11-22-16)14-7-6-12(2)20-9-14/h6-11,24H,5H2,1-4H3. The fourth-order valence-electron chi connectivity index (χ4n) is 2.79. The first-order valence-electron chi connectivity index (χ1n) is 8.50. The smallest absolute Gasteiger partial charge is 0.229 e. The normalized spacial score (nSPS) is 11.4. The van der Waals surface area contributed by atoms with Crippen LogP contribution in [0, 0.1) is 13.8 Å². The van der Waals surface area contributed by atoms with Crippen molar-refractivity contribution < 1.29 is 8.42 Å². The van der Waals surface area contributed by atoms with Crippen LogP contribution in [0.5, 0.6) is 0 Å². The van der Waals surface area contributed by atoms with Crippen LogP contribution in [-0.4, -0.2) is 34.6 Å². The predicted molar refractivity (Wildman–Crippen MR) is 106 cm³/mol. The summed E-state index contributed by atoms with van der Waals surface area (Å²) in [6, 6.07) is 5.66. The van der Waals surface area contributed by atoms with Crippen LogP contribution in [-0.2, 0) is 16.4 Å². The fourth-order valence-corrected chi connectivity index (χ4v) is 3.40. The molecule has 0 aliphatic rings. The Bertz CT molecular complexity index is 1080. The molecule has 8 heteroatoms. The second-order valence-electron chi connectivity index (χ2n) is 6.32. The molecule has 0 atom stereocenters. The van der Waals surface area contributed by atoms with Gasteiger partial charge in [0.15, 0.2) is 0 Å². The van der Waals surface area contributed by atoms with Crippen LogP contribution < -0.4 is 4.72 Å². The fraction of sp³-hybridized carbons (Fsp3) is 0.263. The van der Waals surface area contributed by atoms with Crippen LogP contribution in [0.15, 0.2) is 36.9 Å². The van der Waals surface area contributed by atoms with E-state index in [2.05, 4.69) is 24.7 Å². The van der Waals surface area contributed by atoms with Gasteiger partial charge in [0.2, 0.25) is 10.0 Å². The first-order valence-corrected chi connectivity index (χ1v) is 10.4. The molecule has 3 rings (SSSR count). The summed E-state index contributed by atoms with van der Waals surface area (Å²) in [6.45, 7) is 5.69. The van der Waals surface area contributed by atoms with Crippen molar-refractivity contribution in [3.63, 3.8) is 0 Å². The molecule has 3 aromatic rings. The largest absolute Gasteiger partial charge is 0.282 e. The third-order valence-corrected chi connectivity index (χ3v) is 4.71. The molecule has 0 unspecified atom stereocenters. The Balaban J connectivity index is 2.22. The molecular formula is C19H21N5O2S. The molecule has 0 aromatic carbocycles. The zero-order chi connectivity index (χ0) is 19.6. The van der Waals surface area contributed by atoms with Crippen molar-refractivity contribution in [2.75, 3.05) is 11.0 Å². The van der Waals surface area contributed by atoms with Gasteiger partial charge in [0.1, 0.15) is 6.33 Å². The monoisotopic (exact) mass is 383 g/mol. The Morgan fingerprint density at radius 1 is 1.00 bits per heavy atom. The summed E-state index contributed by atoms with van der Waals surface area (Å²) in [5.74, 6) is 0. The zero-order valence-corrected chi connectivity index (χ0v) is 16.5. The van der Waals surface area contributed by atoms with Crippen molar-refractivity contribution in [2.24, 2.45) is 0 Å². The molecule has 3 heterocycles. The second-order valence-corrected chi connectivity index (χ2v) is 8.07. The molecule has 0 aliphatic heterocycles. The lowest BCUT2D eigenvalue weighted by atomic mass is 9.98. The highest BCUT2D eigenvalue weighted by Crippen LogP contribution is 2.34. The van der Waals surface area contributed by atoms with Gasteiger partial charge in [-0.05, 0) is 38.5 Å². The Labute approximate surface area is 159 Å². The van der Waals surface area contributed by atoms with E-state index in [4.69, 9.17) is 0 Å². The number of rotatable bonds is 5. The van der Waals surface area contributed by atoms with Gasteiger partial charge < -0.3 is 0 Å². The van der Waals surface area contributed by atoms with Crippen LogP contribution in [0.3, 0.4) is 0 Å². The van der Waals surface area contributed by atoms with E-state index >= 15 is 0 Å². The minimum absolute atomic E-state index is 0.439. The first kappa shape index (κ1) is 18.9. The Morgan fingerprint density at radius 2 is 1.74 bits per heavy atom. The molecule has 0 saturated heterocycles. The van der Waals surface area contributed by atoms with Crippen molar-refractivity contribution in [1.82, 2.24) is 19.9 Å². The number of nitrogens with zero attached hydrogens (tertiary/aromatic N) is 4. The number of pyridine rings is 2. The highest BCUT2D eigenvalue weighted by molar-refractivity contribution is 7.92. The lowest BCUT2D eigenvalue weighted by Crippen LogP contribution is -2.11. The van der Waals surface area contributed by atoms with Crippen molar-refractivity contribution in [1.29, 1.82) is 0 Å². The lowest BCUT2D eigenvalue weighted by Gasteiger charge is -2.15. The molecule has 0 radical (unpaired) electrons. The summed E-state index contributed by atoms with van der Waals surface area (Å²) in [7, 11) is -3.41. The number of anilines is 1. The molecule has 1 N–H and O–H groups in total. The quantitative estimate of drug-likeness (QED) is 0.727. The predicted octanol–water partition coefficient (Wildman–Crippen LogP) is 3.15. The summed E-state index contributed by atoms with van der Waals surface area (Å²) in [5, 5.41) is 0. The molecule has 0 amide bonds. The maximum atomic E-state index is 11.7. The van der Waals surface area contributed by atoms with Crippen molar-refractivity contribution in [3.8, 4) is 22.4 Å². The number of aryl methyl sites for hydroxylation is 3. The lowest BCUT2D eigenvalue weighted by molar-refractivity contribution is 0.606. The average Bonchev–Trinajstić information content (AvgIpc) is 2.62. The molecule has 0 fully saturated rings. The van der Waals surface area contributed by atoms with Gasteiger partial charge in [0.25, 0.3) is 0 Å². The summed E-state index contributed by atoms with van der Waals surface area (Å²) < 4.78 is 25.9. The topological polar surface area (TPSA) is 97.7 Å². The number of hydrogen-bond acceptors (Lipinski definition) is 6. The Kier molecular flexibility index (Phi) is 5.18. The van der Waals surface area contributed by atoms with Crippen LogP contribution in [0.2, 0.25) is 0 Å². The van der Waals surface area contributed by atoms with Crippen LogP contribution >= 0.6 is 0 Å². The minimum atomic E-state index is -3.41. The van der Waals surface area contributed by atoms with Gasteiger partial charge in [-0.2, -0.15) is 0 Å². The molecular weight excluding hydrogens is 362 g/mol. The third kappa shape index (κ3) is 4.28. The molecule has 0 saturated carbocycles. The summed E-state index contributed by atoms with van der Waals surface area (Å²) in [4.78, 5) is 17.6. The maximum absolute atomic E-state index is 11.7. The molecule has 7 nitrogen and oxygen atoms in total. The zero-order valence-electron chi connectivity index (χ0n) is 15.7. The van der Waals surface area contributed by atoms with Crippen molar-refractivity contribution in [2.45, 2.75) is 27.2 Å². The van der Waals surface area contributed by atoms with E-state index in [9.17, 15) is 8.42 Å². The van der Waals surface area contributed by atoms with Gasteiger partial charge >= 0.3 is 0 Å². The highest BCUT2D eigenvalue weighted by atomic mass is 32.2. The summed E-state index contributed by atoms with van der Waals surface area (Å²) >= 11 is 0. The van der Waals surface area contributed by atoms with E-state index < -0.39 is 10.0 Å². The van der Waals surface area contributed by atoms with E-state index in [0.29, 0.717) is 17.8 Å². The van der Waals surface area contributed by atoms with E-state index in [1.54, 1.807) is 25.4 Å². The summed E-state index contributed by atoms with van der Waals surface area (Å²) in [5.41, 5.74) is 6.00. The van der Waals surface area contributed by atoms with E-state index in [1.807, 2.05) is 26.0 Å². The van der Waals surface area contributed by atoms with Gasteiger partial charge in [-0.3, -0.25) is 14.7 Å². The maximum Gasteiger partial charge on any atom is 0.229 e. The van der Waals surface area contributed by atoms with Crippen LogP contribution in [0.25, 0.3) is 22.4 Å². The Hall–Kier alpha value is -2.87. The van der Waals surface area contributed by atoms with E-state index in [0.717, 1.165) is 40.0 Å². The Morgan fingerprint density at radius 3 is 2.37 bits per heavy atom. The second kappa shape index (κ2) is 7.40. The molecule has 0 spiro atoms. The van der Waals surface area contributed by atoms with Crippen LogP contribution in [0.4, 0.5) is 5.69 Å².